The summed E-state index contributed by atoms with van der Waals surface area (Å²) in [6, 6.07) is 5.10. The molecule has 0 spiro atoms. The molecule has 1 aromatic carbocycles. The normalized spacial score (nSPS) is 13.1. The molecule has 0 aliphatic carbocycles. The molecule has 1 heterocycles. The maximum Gasteiger partial charge on any atom is 0.178 e. The lowest BCUT2D eigenvalue weighted by molar-refractivity contribution is 0.542. The van der Waals surface area contributed by atoms with Gasteiger partial charge in [0, 0.05) is 6.04 Å². The van der Waals surface area contributed by atoms with Crippen LogP contribution in [-0.2, 0) is 0 Å². The highest BCUT2D eigenvalue weighted by Crippen LogP contribution is 2.23. The Balaban J connectivity index is 2.32. The van der Waals surface area contributed by atoms with Crippen LogP contribution in [0, 0.1) is 10.6 Å². The first kappa shape index (κ1) is 13.6. The number of nitrogens with zero attached hydrogens (tertiary/aromatic N) is 1. The second-order valence-corrected chi connectivity index (χ2v) is 6.08. The van der Waals surface area contributed by atoms with Crippen LogP contribution in [0.3, 0.4) is 0 Å². The molecule has 0 aliphatic rings. The van der Waals surface area contributed by atoms with E-state index in [1.807, 2.05) is 11.8 Å². The quantitative estimate of drug-likeness (QED) is 0.642. The van der Waals surface area contributed by atoms with Gasteiger partial charge in [-0.15, -0.1) is 0 Å². The minimum Gasteiger partial charge on any atom is -0.330 e. The van der Waals surface area contributed by atoms with Gasteiger partial charge in [0.25, 0.3) is 0 Å². The molecule has 1 aromatic heterocycles. The molecule has 2 aromatic rings. The Bertz CT molecular complexity index is 588. The van der Waals surface area contributed by atoms with Crippen molar-refractivity contribution in [1.82, 2.24) is 9.55 Å². The second-order valence-electron chi connectivity index (χ2n) is 4.30. The zero-order chi connectivity index (χ0) is 13.1. The minimum absolute atomic E-state index is 0.236. The molecule has 0 amide bonds. The van der Waals surface area contributed by atoms with Gasteiger partial charge in [0.1, 0.15) is 5.82 Å². The van der Waals surface area contributed by atoms with E-state index >= 15 is 0 Å². The summed E-state index contributed by atoms with van der Waals surface area (Å²) in [4.78, 5) is 3.07. The van der Waals surface area contributed by atoms with E-state index in [1.54, 1.807) is 6.07 Å². The average Bonchev–Trinajstić information content (AvgIpc) is 2.64. The number of H-pyrrole nitrogens is 1. The number of aromatic nitrogens is 2. The summed E-state index contributed by atoms with van der Waals surface area (Å²) < 4.78 is 15.9. The molecule has 1 N–H and O–H groups in total. The molecule has 0 radical (unpaired) electrons. The summed E-state index contributed by atoms with van der Waals surface area (Å²) in [5.74, 6) is 2.02. The topological polar surface area (TPSA) is 20.7 Å². The lowest BCUT2D eigenvalue weighted by Gasteiger charge is -2.14. The van der Waals surface area contributed by atoms with Crippen molar-refractivity contribution in [2.24, 2.45) is 0 Å². The fourth-order valence-corrected chi connectivity index (χ4v) is 3.25. The molecule has 0 bridgehead atoms. The Morgan fingerprint density at radius 3 is 3.00 bits per heavy atom. The first-order valence-electron chi connectivity index (χ1n) is 6.11. The summed E-state index contributed by atoms with van der Waals surface area (Å²) in [6.45, 7) is 4.32. The van der Waals surface area contributed by atoms with E-state index in [0.717, 1.165) is 29.0 Å². The molecular formula is C13H17FN2S2. The summed E-state index contributed by atoms with van der Waals surface area (Å²) in [7, 11) is 0. The Kier molecular flexibility index (Phi) is 4.45. The predicted octanol–water partition coefficient (Wildman–Crippen LogP) is 4.54. The van der Waals surface area contributed by atoms with Gasteiger partial charge in [0.15, 0.2) is 4.77 Å². The van der Waals surface area contributed by atoms with Crippen molar-refractivity contribution >= 4 is 35.0 Å². The van der Waals surface area contributed by atoms with Crippen molar-refractivity contribution in [3.8, 4) is 0 Å². The summed E-state index contributed by atoms with van der Waals surface area (Å²) in [5.41, 5.74) is 1.75. The second kappa shape index (κ2) is 5.89. The third-order valence-corrected chi connectivity index (χ3v) is 4.23. The van der Waals surface area contributed by atoms with E-state index in [1.165, 1.54) is 12.1 Å². The van der Waals surface area contributed by atoms with Crippen molar-refractivity contribution in [2.45, 2.75) is 26.3 Å². The smallest absolute Gasteiger partial charge is 0.178 e. The lowest BCUT2D eigenvalue weighted by Crippen LogP contribution is -2.06. The zero-order valence-electron chi connectivity index (χ0n) is 10.6. The maximum atomic E-state index is 13.2. The molecule has 5 heteroatoms. The number of hydrogen-bond donors (Lipinski definition) is 1. The molecule has 2 nitrogen and oxygen atoms in total. The number of nitrogens with one attached hydrogen (secondary N) is 1. The predicted molar refractivity (Wildman–Crippen MR) is 79.4 cm³/mol. The number of halogens is 1. The van der Waals surface area contributed by atoms with Gasteiger partial charge in [-0.2, -0.15) is 11.8 Å². The summed E-state index contributed by atoms with van der Waals surface area (Å²) >= 11 is 7.26. The van der Waals surface area contributed by atoms with E-state index in [0.29, 0.717) is 10.8 Å². The number of imidazole rings is 1. The molecule has 0 saturated carbocycles. The van der Waals surface area contributed by atoms with Crippen molar-refractivity contribution in [2.75, 3.05) is 11.5 Å². The van der Waals surface area contributed by atoms with Crippen LogP contribution in [0.15, 0.2) is 18.2 Å². The Morgan fingerprint density at radius 1 is 1.50 bits per heavy atom. The highest BCUT2D eigenvalue weighted by molar-refractivity contribution is 7.99. The Morgan fingerprint density at radius 2 is 2.28 bits per heavy atom. The first-order chi connectivity index (χ1) is 8.63. The van der Waals surface area contributed by atoms with Crippen LogP contribution in [0.4, 0.5) is 4.39 Å². The largest absolute Gasteiger partial charge is 0.330 e. The molecule has 18 heavy (non-hydrogen) atoms. The van der Waals surface area contributed by atoms with E-state index in [4.69, 9.17) is 12.2 Å². The van der Waals surface area contributed by atoms with Crippen molar-refractivity contribution in [3.05, 3.63) is 28.8 Å². The van der Waals surface area contributed by atoms with Crippen molar-refractivity contribution in [3.63, 3.8) is 0 Å². The highest BCUT2D eigenvalue weighted by Gasteiger charge is 2.11. The van der Waals surface area contributed by atoms with Crippen LogP contribution in [0.5, 0.6) is 0 Å². The molecule has 2 rings (SSSR count). The third kappa shape index (κ3) is 2.78. The first-order valence-corrected chi connectivity index (χ1v) is 7.67. The SMILES string of the molecule is CCSCCC(C)n1c(=S)[nH]c2cc(F)ccc21. The summed E-state index contributed by atoms with van der Waals surface area (Å²) in [6.07, 6.45) is 1.07. The van der Waals surface area contributed by atoms with Gasteiger partial charge in [-0.3, -0.25) is 0 Å². The van der Waals surface area contributed by atoms with Crippen LogP contribution in [0.1, 0.15) is 26.3 Å². The standard InChI is InChI=1S/C13H17FN2S2/c1-3-18-7-6-9(2)16-12-5-4-10(14)8-11(12)15-13(16)17/h4-5,8-9H,3,6-7H2,1-2H3,(H,15,17). The van der Waals surface area contributed by atoms with Gasteiger partial charge in [-0.1, -0.05) is 6.92 Å². The number of benzene rings is 1. The molecule has 1 unspecified atom stereocenters. The fourth-order valence-electron chi connectivity index (χ4n) is 2.07. The van der Waals surface area contributed by atoms with Gasteiger partial charge >= 0.3 is 0 Å². The molecule has 1 atom stereocenters. The van der Waals surface area contributed by atoms with Gasteiger partial charge in [0.2, 0.25) is 0 Å². The van der Waals surface area contributed by atoms with Crippen LogP contribution in [0.25, 0.3) is 11.0 Å². The molecule has 98 valence electrons. The van der Waals surface area contributed by atoms with E-state index < -0.39 is 0 Å². The zero-order valence-corrected chi connectivity index (χ0v) is 12.2. The van der Waals surface area contributed by atoms with Crippen LogP contribution in [0.2, 0.25) is 0 Å². The van der Waals surface area contributed by atoms with Gasteiger partial charge in [-0.25, -0.2) is 4.39 Å². The van der Waals surface area contributed by atoms with E-state index in [-0.39, 0.29) is 5.82 Å². The molecular weight excluding hydrogens is 267 g/mol. The number of aromatic amines is 1. The van der Waals surface area contributed by atoms with Crippen LogP contribution in [-0.4, -0.2) is 21.1 Å². The van der Waals surface area contributed by atoms with Gasteiger partial charge < -0.3 is 9.55 Å². The van der Waals surface area contributed by atoms with Gasteiger partial charge in [0.05, 0.1) is 11.0 Å². The number of thioether (sulfide) groups is 1. The Hall–Kier alpha value is -0.810. The summed E-state index contributed by atoms with van der Waals surface area (Å²) in [5, 5.41) is 0. The number of fused-ring (bicyclic) bond motifs is 1. The Labute approximate surface area is 116 Å². The number of rotatable bonds is 5. The molecule has 0 fully saturated rings. The highest BCUT2D eigenvalue weighted by atomic mass is 32.2. The van der Waals surface area contributed by atoms with Gasteiger partial charge in [-0.05, 0) is 55.3 Å². The van der Waals surface area contributed by atoms with Crippen molar-refractivity contribution in [1.29, 1.82) is 0 Å². The van der Waals surface area contributed by atoms with Crippen LogP contribution >= 0.6 is 24.0 Å². The molecule has 0 saturated heterocycles. The minimum atomic E-state index is -0.236. The third-order valence-electron chi connectivity index (χ3n) is 3.00. The van der Waals surface area contributed by atoms with E-state index in [2.05, 4.69) is 23.4 Å². The maximum absolute atomic E-state index is 13.2. The van der Waals surface area contributed by atoms with E-state index in [9.17, 15) is 4.39 Å². The molecule has 0 aliphatic heterocycles. The van der Waals surface area contributed by atoms with Crippen molar-refractivity contribution < 1.29 is 4.39 Å². The fraction of sp³-hybridized carbons (Fsp3) is 0.462. The lowest BCUT2D eigenvalue weighted by atomic mass is 10.2. The monoisotopic (exact) mass is 284 g/mol. The number of hydrogen-bond acceptors (Lipinski definition) is 2. The average molecular weight is 284 g/mol. The van der Waals surface area contributed by atoms with Crippen LogP contribution < -0.4 is 0 Å².